The number of carbonyl (C=O) groups excluding carboxylic acids is 5. The molecule has 0 bridgehead atoms. The Labute approximate surface area is 184 Å². The molecule has 2 N–H and O–H groups in total. The van der Waals surface area contributed by atoms with Crippen LogP contribution in [0.3, 0.4) is 0 Å². The van der Waals surface area contributed by atoms with E-state index in [1.807, 2.05) is 0 Å². The highest BCUT2D eigenvalue weighted by atomic mass is 16.6. The van der Waals surface area contributed by atoms with Gasteiger partial charge in [0.2, 0.25) is 11.8 Å². The molecule has 170 valence electrons. The van der Waals surface area contributed by atoms with Crippen LogP contribution in [-0.4, -0.2) is 58.4 Å². The number of benzene rings is 1. The molecule has 1 aliphatic carbocycles. The van der Waals surface area contributed by atoms with E-state index >= 15 is 0 Å². The number of fused-ring (bicyclic) bond motifs is 1. The Hall–Kier alpha value is -3.43. The van der Waals surface area contributed by atoms with Gasteiger partial charge in [-0.3, -0.25) is 29.4 Å². The number of rotatable bonds is 4. The standard InChI is InChI=1S/C22H25N3O7/c1-22(2,3)32-21(30)23-11-8-13(9-11)31-12-4-5-14-15(10-12)20(29)25(19(14)28)16-6-7-17(26)24-18(16)27/h4-5,10-11,13,16H,6-9H2,1-3H3,(H,23,30)(H,24,26,27). The van der Waals surface area contributed by atoms with Gasteiger partial charge in [-0.1, -0.05) is 0 Å². The molecule has 5 amide bonds. The number of ether oxygens (including phenoxy) is 2. The molecule has 1 unspecified atom stereocenters. The monoisotopic (exact) mass is 443 g/mol. The van der Waals surface area contributed by atoms with E-state index in [4.69, 9.17) is 9.47 Å². The predicted molar refractivity (Wildman–Crippen MR) is 110 cm³/mol. The molecule has 10 heteroatoms. The maximum absolute atomic E-state index is 12.9. The number of alkyl carbamates (subject to hydrolysis) is 1. The van der Waals surface area contributed by atoms with E-state index in [1.165, 1.54) is 12.1 Å². The summed E-state index contributed by atoms with van der Waals surface area (Å²) in [6.07, 6.45) is 0.728. The molecule has 10 nitrogen and oxygen atoms in total. The number of imide groups is 2. The number of nitrogens with one attached hydrogen (secondary N) is 2. The van der Waals surface area contributed by atoms with Crippen molar-refractivity contribution >= 4 is 29.7 Å². The van der Waals surface area contributed by atoms with Crippen LogP contribution in [0.15, 0.2) is 18.2 Å². The molecule has 2 heterocycles. The van der Waals surface area contributed by atoms with Gasteiger partial charge in [0.05, 0.1) is 11.1 Å². The molecule has 3 aliphatic rings. The van der Waals surface area contributed by atoms with Gasteiger partial charge in [0, 0.05) is 25.3 Å². The number of amides is 5. The van der Waals surface area contributed by atoms with E-state index in [0.29, 0.717) is 18.6 Å². The topological polar surface area (TPSA) is 131 Å². The van der Waals surface area contributed by atoms with Crippen LogP contribution in [0.1, 0.15) is 67.2 Å². The van der Waals surface area contributed by atoms with Crippen molar-refractivity contribution in [1.82, 2.24) is 15.5 Å². The zero-order valence-electron chi connectivity index (χ0n) is 18.1. The van der Waals surface area contributed by atoms with Crippen molar-refractivity contribution in [3.05, 3.63) is 29.3 Å². The zero-order valence-corrected chi connectivity index (χ0v) is 18.1. The summed E-state index contributed by atoms with van der Waals surface area (Å²) in [4.78, 5) is 61.8. The molecule has 0 spiro atoms. The van der Waals surface area contributed by atoms with E-state index in [0.717, 1.165) is 4.90 Å². The Morgan fingerprint density at radius 2 is 1.78 bits per heavy atom. The third kappa shape index (κ3) is 4.30. The van der Waals surface area contributed by atoms with Crippen LogP contribution in [0.25, 0.3) is 0 Å². The van der Waals surface area contributed by atoms with E-state index in [-0.39, 0.29) is 36.1 Å². The fourth-order valence-electron chi connectivity index (χ4n) is 3.97. The highest BCUT2D eigenvalue weighted by molar-refractivity contribution is 6.23. The van der Waals surface area contributed by atoms with Gasteiger partial charge in [0.25, 0.3) is 11.8 Å². The molecular formula is C22H25N3O7. The van der Waals surface area contributed by atoms with Crippen molar-refractivity contribution in [2.45, 2.75) is 70.2 Å². The third-order valence-corrected chi connectivity index (χ3v) is 5.53. The lowest BCUT2D eigenvalue weighted by Gasteiger charge is -2.36. The minimum atomic E-state index is -1.00. The van der Waals surface area contributed by atoms with Crippen LogP contribution in [0.4, 0.5) is 4.79 Å². The smallest absolute Gasteiger partial charge is 0.407 e. The van der Waals surface area contributed by atoms with Gasteiger partial charge in [-0.2, -0.15) is 0 Å². The molecule has 2 aliphatic heterocycles. The maximum Gasteiger partial charge on any atom is 0.407 e. The van der Waals surface area contributed by atoms with Gasteiger partial charge in [0.15, 0.2) is 0 Å². The number of nitrogens with zero attached hydrogens (tertiary/aromatic N) is 1. The number of carbonyl (C=O) groups is 5. The van der Waals surface area contributed by atoms with Gasteiger partial charge in [0.1, 0.15) is 23.5 Å². The van der Waals surface area contributed by atoms with Gasteiger partial charge in [-0.05, 0) is 45.4 Å². The molecule has 2 fully saturated rings. The summed E-state index contributed by atoms with van der Waals surface area (Å²) >= 11 is 0. The van der Waals surface area contributed by atoms with E-state index < -0.39 is 41.4 Å². The predicted octanol–water partition coefficient (Wildman–Crippen LogP) is 1.52. The zero-order chi connectivity index (χ0) is 23.2. The third-order valence-electron chi connectivity index (χ3n) is 5.53. The fourth-order valence-corrected chi connectivity index (χ4v) is 3.97. The molecule has 4 rings (SSSR count). The first-order valence-corrected chi connectivity index (χ1v) is 10.5. The summed E-state index contributed by atoms with van der Waals surface area (Å²) in [5, 5.41) is 4.95. The molecular weight excluding hydrogens is 418 g/mol. The molecule has 32 heavy (non-hydrogen) atoms. The van der Waals surface area contributed by atoms with Crippen LogP contribution in [0.5, 0.6) is 5.75 Å². The summed E-state index contributed by atoms with van der Waals surface area (Å²) in [5.74, 6) is -1.78. The Kier molecular flexibility index (Phi) is 5.39. The molecule has 1 saturated heterocycles. The van der Waals surface area contributed by atoms with Crippen LogP contribution in [-0.2, 0) is 14.3 Å². The van der Waals surface area contributed by atoms with Crippen molar-refractivity contribution in [2.24, 2.45) is 0 Å². The van der Waals surface area contributed by atoms with Crippen molar-refractivity contribution in [2.75, 3.05) is 0 Å². The van der Waals surface area contributed by atoms with Gasteiger partial charge in [-0.15, -0.1) is 0 Å². The summed E-state index contributed by atoms with van der Waals surface area (Å²) in [5.41, 5.74) is -0.204. The van der Waals surface area contributed by atoms with E-state index in [9.17, 15) is 24.0 Å². The Bertz CT molecular complexity index is 1010. The van der Waals surface area contributed by atoms with Crippen LogP contribution in [0, 0.1) is 0 Å². The lowest BCUT2D eigenvalue weighted by molar-refractivity contribution is -0.136. The highest BCUT2D eigenvalue weighted by Crippen LogP contribution is 2.32. The minimum absolute atomic E-state index is 0.0597. The quantitative estimate of drug-likeness (QED) is 0.675. The van der Waals surface area contributed by atoms with Gasteiger partial charge in [-0.25, -0.2) is 4.79 Å². The first kappa shape index (κ1) is 21.8. The number of piperidine rings is 1. The minimum Gasteiger partial charge on any atom is -0.490 e. The lowest BCUT2D eigenvalue weighted by atomic mass is 9.89. The van der Waals surface area contributed by atoms with E-state index in [1.54, 1.807) is 26.8 Å². The first-order valence-electron chi connectivity index (χ1n) is 10.5. The second-order valence-electron chi connectivity index (χ2n) is 9.21. The second-order valence-corrected chi connectivity index (χ2v) is 9.21. The first-order chi connectivity index (χ1) is 15.0. The summed E-state index contributed by atoms with van der Waals surface area (Å²) < 4.78 is 11.1. The normalized spacial score (nSPS) is 25.1. The Morgan fingerprint density at radius 3 is 2.44 bits per heavy atom. The molecule has 1 atom stereocenters. The Morgan fingerprint density at radius 1 is 1.09 bits per heavy atom. The average Bonchev–Trinajstić information content (AvgIpc) is 2.89. The summed E-state index contributed by atoms with van der Waals surface area (Å²) in [6, 6.07) is 3.54. The van der Waals surface area contributed by atoms with Gasteiger partial charge >= 0.3 is 6.09 Å². The summed E-state index contributed by atoms with van der Waals surface area (Å²) in [7, 11) is 0. The summed E-state index contributed by atoms with van der Waals surface area (Å²) in [6.45, 7) is 5.38. The largest absolute Gasteiger partial charge is 0.490 e. The van der Waals surface area contributed by atoms with E-state index in [2.05, 4.69) is 10.6 Å². The number of hydrogen-bond donors (Lipinski definition) is 2. The van der Waals surface area contributed by atoms with Crippen molar-refractivity contribution in [1.29, 1.82) is 0 Å². The van der Waals surface area contributed by atoms with Gasteiger partial charge < -0.3 is 14.8 Å². The Balaban J connectivity index is 1.36. The van der Waals surface area contributed by atoms with Crippen molar-refractivity contribution in [3.63, 3.8) is 0 Å². The van der Waals surface area contributed by atoms with Crippen molar-refractivity contribution < 1.29 is 33.4 Å². The van der Waals surface area contributed by atoms with Crippen LogP contribution in [0.2, 0.25) is 0 Å². The maximum atomic E-state index is 12.9. The second kappa shape index (κ2) is 7.92. The molecule has 1 aromatic rings. The lowest BCUT2D eigenvalue weighted by Crippen LogP contribution is -2.54. The number of hydrogen-bond acceptors (Lipinski definition) is 7. The fraction of sp³-hybridized carbons (Fsp3) is 0.500. The van der Waals surface area contributed by atoms with Crippen LogP contribution < -0.4 is 15.4 Å². The molecule has 0 radical (unpaired) electrons. The SMILES string of the molecule is CC(C)(C)OC(=O)NC1CC(Oc2ccc3c(c2)C(=O)N(C2CCC(=O)NC2=O)C3=O)C1. The van der Waals surface area contributed by atoms with Crippen LogP contribution >= 0.6 is 0 Å². The van der Waals surface area contributed by atoms with Crippen molar-refractivity contribution in [3.8, 4) is 5.75 Å². The average molecular weight is 443 g/mol. The molecule has 0 aromatic heterocycles. The molecule has 1 saturated carbocycles. The molecule has 1 aromatic carbocycles. The highest BCUT2D eigenvalue weighted by Gasteiger charge is 2.45.